The third kappa shape index (κ3) is 3.16. The molecule has 1 unspecified atom stereocenters. The summed E-state index contributed by atoms with van der Waals surface area (Å²) in [6.45, 7) is 0. The molecule has 1 atom stereocenters. The van der Waals surface area contributed by atoms with Gasteiger partial charge in [-0.2, -0.15) is 13.2 Å². The van der Waals surface area contributed by atoms with E-state index in [2.05, 4.69) is 4.74 Å². The van der Waals surface area contributed by atoms with Gasteiger partial charge in [-0.25, -0.2) is 4.79 Å². The van der Waals surface area contributed by atoms with Crippen molar-refractivity contribution in [1.29, 1.82) is 0 Å². The Labute approximate surface area is 115 Å². The van der Waals surface area contributed by atoms with E-state index in [1.54, 1.807) is 0 Å². The largest absolute Gasteiger partial charge is 0.511 e. The van der Waals surface area contributed by atoms with Crippen molar-refractivity contribution in [3.05, 3.63) is 34.5 Å². The lowest BCUT2D eigenvalue weighted by Gasteiger charge is -2.25. The second-order valence-electron chi connectivity index (χ2n) is 3.64. The number of benzene rings is 1. The molecule has 0 aliphatic carbocycles. The second kappa shape index (κ2) is 4.97. The number of thioether (sulfide) groups is 1. The molecule has 1 aliphatic heterocycles. The maximum atomic E-state index is 12.9. The molecular formula is C11H6ClF3O3S. The number of hydrogen-bond acceptors (Lipinski definition) is 3. The van der Waals surface area contributed by atoms with Gasteiger partial charge in [-0.15, -0.1) is 11.8 Å². The number of ether oxygens (including phenoxy) is 1. The summed E-state index contributed by atoms with van der Waals surface area (Å²) >= 11 is 6.22. The molecule has 1 N–H and O–H groups in total. The van der Waals surface area contributed by atoms with Gasteiger partial charge < -0.3 is 9.84 Å². The molecule has 19 heavy (non-hydrogen) atoms. The van der Waals surface area contributed by atoms with E-state index in [4.69, 9.17) is 16.7 Å². The Bertz CT molecular complexity index is 557. The van der Waals surface area contributed by atoms with Crippen LogP contribution in [-0.4, -0.2) is 22.7 Å². The molecular weight excluding hydrogens is 305 g/mol. The van der Waals surface area contributed by atoms with Crippen molar-refractivity contribution in [2.45, 2.75) is 16.3 Å². The van der Waals surface area contributed by atoms with Gasteiger partial charge in [-0.05, 0) is 29.8 Å². The minimum Gasteiger partial charge on any atom is -0.449 e. The summed E-state index contributed by atoms with van der Waals surface area (Å²) in [6.07, 6.45) is -5.35. The first-order valence-electron chi connectivity index (χ1n) is 4.92. The zero-order valence-corrected chi connectivity index (χ0v) is 10.6. The molecule has 1 heterocycles. The topological polar surface area (TPSA) is 46.5 Å². The van der Waals surface area contributed by atoms with Crippen LogP contribution in [0.25, 0.3) is 6.08 Å². The first-order valence-corrected chi connectivity index (χ1v) is 6.18. The number of carbonyl (C=O) groups is 1. The first-order chi connectivity index (χ1) is 8.77. The number of fused-ring (bicyclic) bond motifs is 1. The molecule has 2 rings (SSSR count). The number of halogens is 4. The Morgan fingerprint density at radius 1 is 1.42 bits per heavy atom. The summed E-state index contributed by atoms with van der Waals surface area (Å²) in [6, 6.07) is 4.37. The van der Waals surface area contributed by atoms with E-state index in [1.165, 1.54) is 18.2 Å². The van der Waals surface area contributed by atoms with Gasteiger partial charge in [0.25, 0.3) is 0 Å². The quantitative estimate of drug-likeness (QED) is 0.780. The lowest BCUT2D eigenvalue weighted by molar-refractivity contribution is -0.127. The van der Waals surface area contributed by atoms with Gasteiger partial charge >= 0.3 is 12.3 Å². The lowest BCUT2D eigenvalue weighted by Crippen LogP contribution is -2.31. The second-order valence-corrected chi connectivity index (χ2v) is 5.22. The highest BCUT2D eigenvalue weighted by Gasteiger charge is 2.46. The molecule has 0 aromatic heterocycles. The predicted octanol–water partition coefficient (Wildman–Crippen LogP) is 4.41. The van der Waals surface area contributed by atoms with E-state index in [9.17, 15) is 18.0 Å². The zero-order valence-electron chi connectivity index (χ0n) is 9.07. The van der Waals surface area contributed by atoms with E-state index in [1.807, 2.05) is 0 Å². The van der Waals surface area contributed by atoms with Crippen LogP contribution >= 0.6 is 23.4 Å². The van der Waals surface area contributed by atoms with E-state index < -0.39 is 23.3 Å². The Kier molecular flexibility index (Phi) is 3.69. The molecule has 102 valence electrons. The van der Waals surface area contributed by atoms with Crippen molar-refractivity contribution in [2.24, 2.45) is 0 Å². The molecule has 0 saturated carbocycles. The lowest BCUT2D eigenvalue weighted by atomic mass is 10.1. The van der Waals surface area contributed by atoms with Gasteiger partial charge in [0.05, 0.1) is 0 Å². The van der Waals surface area contributed by atoms with E-state index >= 15 is 0 Å². The van der Waals surface area contributed by atoms with Crippen molar-refractivity contribution in [2.75, 3.05) is 0 Å². The van der Waals surface area contributed by atoms with E-state index in [0.29, 0.717) is 27.2 Å². The van der Waals surface area contributed by atoms with Crippen LogP contribution in [0.3, 0.4) is 0 Å². The van der Waals surface area contributed by atoms with Crippen LogP contribution in [0, 0.1) is 0 Å². The minimum atomic E-state index is -4.61. The molecule has 0 spiro atoms. The zero-order chi connectivity index (χ0) is 14.2. The molecule has 1 aromatic carbocycles. The summed E-state index contributed by atoms with van der Waals surface area (Å²) in [5, 5.41) is 6.79. The smallest absolute Gasteiger partial charge is 0.449 e. The van der Waals surface area contributed by atoms with Gasteiger partial charge in [0.1, 0.15) is 5.76 Å². The summed E-state index contributed by atoms with van der Waals surface area (Å²) in [5.41, 5.74) is 0.397. The van der Waals surface area contributed by atoms with Gasteiger partial charge in [-0.1, -0.05) is 11.6 Å². The molecule has 3 nitrogen and oxygen atoms in total. The maximum Gasteiger partial charge on any atom is 0.511 e. The molecule has 1 aromatic rings. The minimum absolute atomic E-state index is 0.343. The molecule has 8 heteroatoms. The number of hydrogen-bond donors (Lipinski definition) is 1. The Balaban J connectivity index is 2.46. The average Bonchev–Trinajstić information content (AvgIpc) is 2.25. The molecule has 0 radical (unpaired) electrons. The first kappa shape index (κ1) is 14.1. The fourth-order valence-electron chi connectivity index (χ4n) is 1.57. The van der Waals surface area contributed by atoms with Crippen LogP contribution in [0.15, 0.2) is 28.9 Å². The molecule has 0 amide bonds. The van der Waals surface area contributed by atoms with Crippen LogP contribution in [0.4, 0.5) is 18.0 Å². The Hall–Kier alpha value is -1.34. The number of alkyl halides is 3. The number of rotatable bonds is 1. The fourth-order valence-corrected chi connectivity index (χ4v) is 2.77. The van der Waals surface area contributed by atoms with Crippen LogP contribution in [0.5, 0.6) is 0 Å². The Morgan fingerprint density at radius 3 is 2.68 bits per heavy atom. The van der Waals surface area contributed by atoms with Gasteiger partial charge in [0.2, 0.25) is 0 Å². The van der Waals surface area contributed by atoms with Crippen molar-refractivity contribution < 1.29 is 27.8 Å². The molecule has 1 aliphatic rings. The third-order valence-corrected chi connectivity index (χ3v) is 3.87. The van der Waals surface area contributed by atoms with Crippen molar-refractivity contribution in [3.8, 4) is 0 Å². The van der Waals surface area contributed by atoms with Crippen molar-refractivity contribution >= 4 is 35.6 Å². The average molecular weight is 311 g/mol. The van der Waals surface area contributed by atoms with Crippen molar-refractivity contribution in [1.82, 2.24) is 0 Å². The van der Waals surface area contributed by atoms with Crippen molar-refractivity contribution in [3.63, 3.8) is 0 Å². The molecule has 0 bridgehead atoms. The number of carboxylic acid groups (broad SMARTS) is 1. The molecule has 0 saturated heterocycles. The van der Waals surface area contributed by atoms with Crippen LogP contribution in [-0.2, 0) is 4.74 Å². The highest BCUT2D eigenvalue weighted by Crippen LogP contribution is 2.45. The normalized spacial score (nSPS) is 18.5. The highest BCUT2D eigenvalue weighted by molar-refractivity contribution is 8.00. The van der Waals surface area contributed by atoms with E-state index in [-0.39, 0.29) is 0 Å². The van der Waals surface area contributed by atoms with Crippen LogP contribution < -0.4 is 0 Å². The van der Waals surface area contributed by atoms with Gasteiger partial charge in [0.15, 0.2) is 5.25 Å². The predicted molar refractivity (Wildman–Crippen MR) is 64.2 cm³/mol. The monoisotopic (exact) mass is 310 g/mol. The summed E-state index contributed by atoms with van der Waals surface area (Å²) in [5.74, 6) is -0.667. The van der Waals surface area contributed by atoms with Gasteiger partial charge in [-0.3, -0.25) is 0 Å². The van der Waals surface area contributed by atoms with Crippen LogP contribution in [0.2, 0.25) is 5.02 Å². The summed E-state index contributed by atoms with van der Waals surface area (Å²) in [4.78, 5) is 10.8. The summed E-state index contributed by atoms with van der Waals surface area (Å²) < 4.78 is 42.8. The van der Waals surface area contributed by atoms with E-state index in [0.717, 1.165) is 6.08 Å². The highest BCUT2D eigenvalue weighted by atomic mass is 35.5. The van der Waals surface area contributed by atoms with Crippen LogP contribution in [0.1, 0.15) is 5.56 Å². The fraction of sp³-hybridized carbons (Fsp3) is 0.182. The SMILES string of the molecule is O=C(O)OC1=Cc2cc(Cl)ccc2SC1C(F)(F)F. The van der Waals surface area contributed by atoms with Gasteiger partial charge in [0, 0.05) is 9.92 Å². The Morgan fingerprint density at radius 2 is 2.11 bits per heavy atom. The summed E-state index contributed by atoms with van der Waals surface area (Å²) in [7, 11) is 0. The standard InChI is InChI=1S/C11H6ClF3O3S/c12-6-1-2-8-5(3-6)4-7(18-10(16)17)9(19-8)11(13,14)15/h1-4,9H,(H,16,17). The third-order valence-electron chi connectivity index (χ3n) is 2.28. The maximum absolute atomic E-state index is 12.9. The molecule has 0 fully saturated rings.